The number of aliphatic hydroxyl groups excluding tert-OH is 1. The highest BCUT2D eigenvalue weighted by Gasteiger charge is 2.71. The van der Waals surface area contributed by atoms with Crippen LogP contribution in [-0.2, 0) is 26.3 Å². The molecular formula is C24H24ClN3O4. The quantitative estimate of drug-likeness (QED) is 0.615. The molecule has 3 N–H and O–H groups in total. The Labute approximate surface area is 190 Å². The van der Waals surface area contributed by atoms with E-state index in [0.29, 0.717) is 22.7 Å². The molecule has 2 aromatic rings. The molecule has 3 aliphatic rings. The van der Waals surface area contributed by atoms with E-state index in [-0.39, 0.29) is 12.5 Å². The van der Waals surface area contributed by atoms with Gasteiger partial charge in [0.05, 0.1) is 17.9 Å². The first-order valence-electron chi connectivity index (χ1n) is 10.7. The standard InChI is InChI=1S/C24H24ClN3O4/c1-12-10-15(25)11-16-19(12)26-23(32)24(16)18-17(20(27-24)13(2)29)21(30)28(22(18)31)9-8-14-6-4-3-5-7-14/h3-7,10-11,13,17-18,20,27,29H,8-9H2,1-2H3,(H,26,32)/t13-,17+,18-,20-,24-/m1/s1. The van der Waals surface area contributed by atoms with Crippen LogP contribution in [0.5, 0.6) is 0 Å². The summed E-state index contributed by atoms with van der Waals surface area (Å²) in [5.41, 5.74) is 1.48. The lowest BCUT2D eigenvalue weighted by Gasteiger charge is -2.30. The molecule has 8 heteroatoms. The summed E-state index contributed by atoms with van der Waals surface area (Å²) < 4.78 is 0. The van der Waals surface area contributed by atoms with Crippen LogP contribution in [0.3, 0.4) is 0 Å². The Bertz CT molecular complexity index is 1140. The second-order valence-corrected chi connectivity index (χ2v) is 9.32. The molecular weight excluding hydrogens is 430 g/mol. The van der Waals surface area contributed by atoms with E-state index in [1.165, 1.54) is 4.90 Å². The van der Waals surface area contributed by atoms with Gasteiger partial charge in [0.25, 0.3) is 0 Å². The Kier molecular flexibility index (Phi) is 4.89. The highest BCUT2D eigenvalue weighted by Crippen LogP contribution is 2.54. The van der Waals surface area contributed by atoms with Crippen molar-refractivity contribution >= 4 is 35.0 Å². The summed E-state index contributed by atoms with van der Waals surface area (Å²) >= 11 is 6.31. The number of aliphatic hydroxyl groups is 1. The number of benzene rings is 2. The number of hydrogen-bond acceptors (Lipinski definition) is 5. The molecule has 2 fully saturated rings. The molecule has 0 unspecified atom stereocenters. The van der Waals surface area contributed by atoms with E-state index in [1.807, 2.05) is 37.3 Å². The number of likely N-dealkylation sites (tertiary alicyclic amines) is 1. The van der Waals surface area contributed by atoms with Crippen molar-refractivity contribution < 1.29 is 19.5 Å². The van der Waals surface area contributed by atoms with Crippen LogP contribution in [0.1, 0.15) is 23.6 Å². The molecule has 166 valence electrons. The third-order valence-corrected chi connectivity index (χ3v) is 7.22. The van der Waals surface area contributed by atoms with Gasteiger partial charge in [0.15, 0.2) is 0 Å². The number of anilines is 1. The van der Waals surface area contributed by atoms with Gasteiger partial charge in [-0.05, 0) is 43.5 Å². The molecule has 0 bridgehead atoms. The number of carbonyl (C=O) groups is 3. The lowest BCUT2D eigenvalue weighted by molar-refractivity contribution is -0.143. The highest BCUT2D eigenvalue weighted by atomic mass is 35.5. The van der Waals surface area contributed by atoms with Crippen molar-refractivity contribution in [3.8, 4) is 0 Å². The van der Waals surface area contributed by atoms with Crippen LogP contribution >= 0.6 is 11.6 Å². The minimum Gasteiger partial charge on any atom is -0.392 e. The van der Waals surface area contributed by atoms with E-state index >= 15 is 0 Å². The molecule has 2 saturated heterocycles. The first-order valence-corrected chi connectivity index (χ1v) is 11.1. The van der Waals surface area contributed by atoms with E-state index in [9.17, 15) is 19.5 Å². The number of rotatable bonds is 4. The predicted octanol–water partition coefficient (Wildman–Crippen LogP) is 1.99. The van der Waals surface area contributed by atoms with Crippen molar-refractivity contribution in [2.24, 2.45) is 11.8 Å². The summed E-state index contributed by atoms with van der Waals surface area (Å²) in [5, 5.41) is 17.0. The maximum Gasteiger partial charge on any atom is 0.250 e. The van der Waals surface area contributed by atoms with Gasteiger partial charge in [-0.1, -0.05) is 41.9 Å². The monoisotopic (exact) mass is 453 g/mol. The number of nitrogens with zero attached hydrogens (tertiary/aromatic N) is 1. The molecule has 0 aromatic heterocycles. The van der Waals surface area contributed by atoms with Crippen LogP contribution in [0.25, 0.3) is 0 Å². The number of hydrogen-bond donors (Lipinski definition) is 3. The van der Waals surface area contributed by atoms with Crippen molar-refractivity contribution in [3.05, 3.63) is 64.2 Å². The number of carbonyl (C=O) groups excluding carboxylic acids is 3. The van der Waals surface area contributed by atoms with Gasteiger partial charge in [-0.2, -0.15) is 0 Å². The van der Waals surface area contributed by atoms with Gasteiger partial charge in [-0.15, -0.1) is 0 Å². The van der Waals surface area contributed by atoms with Crippen LogP contribution in [0, 0.1) is 18.8 Å². The summed E-state index contributed by atoms with van der Waals surface area (Å²) in [6, 6.07) is 12.3. The molecule has 3 aliphatic heterocycles. The number of halogens is 1. The fourth-order valence-electron chi connectivity index (χ4n) is 5.54. The van der Waals surface area contributed by atoms with Gasteiger partial charge in [-0.3, -0.25) is 24.6 Å². The van der Waals surface area contributed by atoms with Crippen LogP contribution in [0.2, 0.25) is 5.02 Å². The smallest absolute Gasteiger partial charge is 0.250 e. The van der Waals surface area contributed by atoms with E-state index in [0.717, 1.165) is 11.1 Å². The van der Waals surface area contributed by atoms with Crippen LogP contribution in [0.4, 0.5) is 5.69 Å². The summed E-state index contributed by atoms with van der Waals surface area (Å²) in [7, 11) is 0. The molecule has 5 rings (SSSR count). The average molecular weight is 454 g/mol. The summed E-state index contributed by atoms with van der Waals surface area (Å²) in [6.45, 7) is 3.62. The van der Waals surface area contributed by atoms with Crippen molar-refractivity contribution in [1.29, 1.82) is 0 Å². The first-order chi connectivity index (χ1) is 15.3. The molecule has 32 heavy (non-hydrogen) atoms. The van der Waals surface area contributed by atoms with E-state index in [4.69, 9.17) is 11.6 Å². The Morgan fingerprint density at radius 2 is 1.88 bits per heavy atom. The number of fused-ring (bicyclic) bond motifs is 4. The predicted molar refractivity (Wildman–Crippen MR) is 119 cm³/mol. The van der Waals surface area contributed by atoms with Crippen LogP contribution in [0.15, 0.2) is 42.5 Å². The second-order valence-electron chi connectivity index (χ2n) is 8.89. The molecule has 0 saturated carbocycles. The Hall–Kier alpha value is -2.74. The second kappa shape index (κ2) is 7.40. The van der Waals surface area contributed by atoms with Gasteiger partial charge in [0.1, 0.15) is 5.54 Å². The van der Waals surface area contributed by atoms with Crippen molar-refractivity contribution in [2.45, 2.75) is 38.0 Å². The van der Waals surface area contributed by atoms with Crippen molar-refractivity contribution in [1.82, 2.24) is 10.2 Å². The normalized spacial score (nSPS) is 29.4. The number of imide groups is 1. The Morgan fingerprint density at radius 1 is 1.16 bits per heavy atom. The number of aryl methyl sites for hydroxylation is 1. The zero-order valence-electron chi connectivity index (χ0n) is 17.8. The fourth-order valence-corrected chi connectivity index (χ4v) is 5.82. The molecule has 3 amide bonds. The molecule has 5 atom stereocenters. The largest absolute Gasteiger partial charge is 0.392 e. The highest BCUT2D eigenvalue weighted by molar-refractivity contribution is 6.31. The Balaban J connectivity index is 1.58. The molecule has 0 aliphatic carbocycles. The third kappa shape index (κ3) is 2.85. The van der Waals surface area contributed by atoms with Gasteiger partial charge < -0.3 is 10.4 Å². The van der Waals surface area contributed by atoms with Crippen LogP contribution < -0.4 is 10.6 Å². The van der Waals surface area contributed by atoms with E-state index in [1.54, 1.807) is 19.1 Å². The zero-order chi connectivity index (χ0) is 22.8. The maximum absolute atomic E-state index is 13.6. The number of amides is 3. The van der Waals surface area contributed by atoms with E-state index in [2.05, 4.69) is 10.6 Å². The average Bonchev–Trinajstić information content (AvgIpc) is 3.34. The molecule has 1 spiro atoms. The Morgan fingerprint density at radius 3 is 2.56 bits per heavy atom. The molecule has 0 radical (unpaired) electrons. The van der Waals surface area contributed by atoms with Gasteiger partial charge in [0.2, 0.25) is 17.7 Å². The summed E-state index contributed by atoms with van der Waals surface area (Å²) in [4.78, 5) is 41.7. The minimum absolute atomic E-state index is 0.223. The maximum atomic E-state index is 13.6. The lowest BCUT2D eigenvalue weighted by Crippen LogP contribution is -2.55. The van der Waals surface area contributed by atoms with Crippen molar-refractivity contribution in [2.75, 3.05) is 11.9 Å². The van der Waals surface area contributed by atoms with Gasteiger partial charge >= 0.3 is 0 Å². The first kappa shape index (κ1) is 21.1. The topological polar surface area (TPSA) is 98.7 Å². The molecule has 3 heterocycles. The van der Waals surface area contributed by atoms with Gasteiger partial charge in [0, 0.05) is 28.9 Å². The molecule has 7 nitrogen and oxygen atoms in total. The molecule has 2 aromatic carbocycles. The summed E-state index contributed by atoms with van der Waals surface area (Å²) in [6.07, 6.45) is -0.421. The van der Waals surface area contributed by atoms with Crippen LogP contribution in [-0.4, -0.2) is 46.4 Å². The number of nitrogens with one attached hydrogen (secondary N) is 2. The minimum atomic E-state index is -1.45. The SMILES string of the molecule is Cc1cc(Cl)cc2c1NC(=O)[C@@]21N[C@H]([C@@H](C)O)[C@H]2C(=O)N(CCc3ccccc3)C(=O)[C@@H]21. The zero-order valence-corrected chi connectivity index (χ0v) is 18.5. The van der Waals surface area contributed by atoms with Crippen molar-refractivity contribution in [3.63, 3.8) is 0 Å². The fraction of sp³-hybridized carbons (Fsp3) is 0.375. The third-order valence-electron chi connectivity index (χ3n) is 7.00. The summed E-state index contributed by atoms with van der Waals surface area (Å²) in [5.74, 6) is -2.95. The lowest BCUT2D eigenvalue weighted by atomic mass is 9.76. The van der Waals surface area contributed by atoms with E-state index < -0.39 is 41.3 Å². The van der Waals surface area contributed by atoms with Gasteiger partial charge in [-0.25, -0.2) is 0 Å².